The van der Waals surface area contributed by atoms with Gasteiger partial charge in [0.25, 0.3) is 0 Å². The number of fused-ring (bicyclic) bond motifs is 3. The Bertz CT molecular complexity index is 1170. The Balaban J connectivity index is 1.73. The topological polar surface area (TPSA) is 97.5 Å². The van der Waals surface area contributed by atoms with E-state index in [2.05, 4.69) is 20.6 Å². The number of hydrogen-bond acceptors (Lipinski definition) is 6. The van der Waals surface area contributed by atoms with E-state index < -0.39 is 27.4 Å². The average Bonchev–Trinajstić information content (AvgIpc) is 3.17. The van der Waals surface area contributed by atoms with Crippen molar-refractivity contribution in [3.63, 3.8) is 0 Å². The molecule has 2 aliphatic heterocycles. The second-order valence-corrected chi connectivity index (χ2v) is 9.90. The van der Waals surface area contributed by atoms with Crippen molar-refractivity contribution in [2.75, 3.05) is 32.2 Å². The van der Waals surface area contributed by atoms with E-state index >= 15 is 0 Å². The number of methoxy groups -OCH3 is 1. The molecule has 0 aliphatic carbocycles. The molecule has 3 aromatic rings. The van der Waals surface area contributed by atoms with Gasteiger partial charge in [-0.3, -0.25) is 0 Å². The summed E-state index contributed by atoms with van der Waals surface area (Å²) >= 11 is -0.668. The third-order valence-corrected chi connectivity index (χ3v) is 7.77. The van der Waals surface area contributed by atoms with Crippen LogP contribution in [0.2, 0.25) is 0 Å². The second-order valence-electron chi connectivity index (χ2n) is 7.26. The Morgan fingerprint density at radius 2 is 2.22 bits per heavy atom. The van der Waals surface area contributed by atoms with Crippen LogP contribution in [0.3, 0.4) is 0 Å². The molecule has 10 heteroatoms. The van der Waals surface area contributed by atoms with E-state index in [1.165, 1.54) is 13.2 Å². The number of ether oxygens (including phenoxy) is 2. The SMILES string of the molecule is COc1c(F)cccc1Nc1c2[nH]c3c1C(=O)NC[C@@H]3[I-]OCCCOc1cnccc1-2. The number of H-pyrrole nitrogens is 1. The predicted molar refractivity (Wildman–Crippen MR) is 111 cm³/mol. The average molecular weight is 551 g/mol. The molecule has 0 saturated carbocycles. The number of amides is 1. The van der Waals surface area contributed by atoms with E-state index in [0.717, 1.165) is 17.7 Å². The number of halogens is 2. The normalized spacial score (nSPS) is 18.1. The molecule has 1 amide bonds. The van der Waals surface area contributed by atoms with E-state index in [-0.39, 0.29) is 15.6 Å². The Kier molecular flexibility index (Phi) is 5.87. The molecule has 168 valence electrons. The number of nitrogens with one attached hydrogen (secondary N) is 3. The number of alkyl halides is 1. The van der Waals surface area contributed by atoms with Gasteiger partial charge in [-0.25, -0.2) is 0 Å². The molecular formula is C22H21FIN4O4-. The fraction of sp³-hybridized carbons (Fsp3) is 0.273. The number of benzene rings is 1. The first-order valence-electron chi connectivity index (χ1n) is 10.1. The summed E-state index contributed by atoms with van der Waals surface area (Å²) in [4.78, 5) is 20.7. The van der Waals surface area contributed by atoms with Gasteiger partial charge in [0.1, 0.15) is 0 Å². The molecule has 3 N–H and O–H groups in total. The van der Waals surface area contributed by atoms with Gasteiger partial charge in [-0.15, -0.1) is 0 Å². The molecular weight excluding hydrogens is 530 g/mol. The van der Waals surface area contributed by atoms with Gasteiger partial charge in [-0.2, -0.15) is 0 Å². The molecule has 0 saturated heterocycles. The van der Waals surface area contributed by atoms with Gasteiger partial charge in [0, 0.05) is 0 Å². The van der Waals surface area contributed by atoms with Gasteiger partial charge >= 0.3 is 195 Å². The first kappa shape index (κ1) is 21.0. The van der Waals surface area contributed by atoms with Crippen molar-refractivity contribution in [2.24, 2.45) is 0 Å². The van der Waals surface area contributed by atoms with Crippen LogP contribution in [-0.2, 0) is 3.07 Å². The number of hydrogen-bond donors (Lipinski definition) is 3. The summed E-state index contributed by atoms with van der Waals surface area (Å²) in [6.07, 6.45) is 4.09. The van der Waals surface area contributed by atoms with Crippen LogP contribution in [0.5, 0.6) is 11.5 Å². The zero-order valence-corrected chi connectivity index (χ0v) is 19.4. The molecule has 5 rings (SSSR count). The number of pyridine rings is 1. The Labute approximate surface area is 194 Å². The molecule has 8 nitrogen and oxygen atoms in total. The third kappa shape index (κ3) is 3.77. The molecule has 0 radical (unpaired) electrons. The van der Waals surface area contributed by atoms with E-state index in [0.29, 0.717) is 48.1 Å². The van der Waals surface area contributed by atoms with Gasteiger partial charge < -0.3 is 0 Å². The van der Waals surface area contributed by atoms with E-state index in [1.807, 2.05) is 6.07 Å². The van der Waals surface area contributed by atoms with Crippen LogP contribution in [0.4, 0.5) is 15.8 Å². The zero-order valence-electron chi connectivity index (χ0n) is 17.2. The van der Waals surface area contributed by atoms with Crippen molar-refractivity contribution in [3.05, 3.63) is 53.7 Å². The Morgan fingerprint density at radius 3 is 3.09 bits per heavy atom. The number of rotatable bonds is 3. The number of nitrogens with zero attached hydrogens (tertiary/aromatic N) is 1. The maximum absolute atomic E-state index is 14.4. The summed E-state index contributed by atoms with van der Waals surface area (Å²) in [5.41, 5.74) is 3.69. The number of aromatic amines is 1. The van der Waals surface area contributed by atoms with Crippen LogP contribution in [0, 0.1) is 5.82 Å². The molecule has 2 aromatic heterocycles. The number of para-hydroxylation sites is 1. The number of carbonyl (C=O) groups excluding carboxylic acids is 1. The Hall–Kier alpha value is -2.86. The molecule has 32 heavy (non-hydrogen) atoms. The molecule has 0 unspecified atom stereocenters. The van der Waals surface area contributed by atoms with E-state index in [4.69, 9.17) is 12.5 Å². The van der Waals surface area contributed by atoms with Gasteiger partial charge in [-0.1, -0.05) is 0 Å². The monoisotopic (exact) mass is 551 g/mol. The van der Waals surface area contributed by atoms with Crippen LogP contribution in [0.15, 0.2) is 36.7 Å². The van der Waals surface area contributed by atoms with Gasteiger partial charge in [0.15, 0.2) is 0 Å². The molecule has 1 atom stereocenters. The van der Waals surface area contributed by atoms with Gasteiger partial charge in [-0.05, 0) is 0 Å². The van der Waals surface area contributed by atoms with E-state index in [1.54, 1.807) is 24.5 Å². The molecule has 2 aliphatic rings. The summed E-state index contributed by atoms with van der Waals surface area (Å²) in [5.74, 6) is -0.0375. The quantitative estimate of drug-likeness (QED) is 0.325. The first-order chi connectivity index (χ1) is 15.7. The molecule has 1 aromatic carbocycles. The molecule has 0 fully saturated rings. The van der Waals surface area contributed by atoms with Crippen molar-refractivity contribution in [1.82, 2.24) is 15.3 Å². The third-order valence-electron chi connectivity index (χ3n) is 5.29. The van der Waals surface area contributed by atoms with Crippen molar-refractivity contribution >= 4 is 17.3 Å². The fourth-order valence-electron chi connectivity index (χ4n) is 3.83. The van der Waals surface area contributed by atoms with Crippen LogP contribution in [0.25, 0.3) is 11.3 Å². The van der Waals surface area contributed by atoms with Crippen molar-refractivity contribution in [1.29, 1.82) is 0 Å². The first-order valence-corrected chi connectivity index (χ1v) is 12.3. The summed E-state index contributed by atoms with van der Waals surface area (Å²) < 4.78 is 31.6. The summed E-state index contributed by atoms with van der Waals surface area (Å²) in [6.45, 7) is 1.61. The number of anilines is 2. The summed E-state index contributed by atoms with van der Waals surface area (Å²) in [6, 6.07) is 6.46. The number of aromatic nitrogens is 2. The van der Waals surface area contributed by atoms with Gasteiger partial charge in [0.05, 0.1) is 0 Å². The summed E-state index contributed by atoms with van der Waals surface area (Å²) in [7, 11) is 1.41. The Morgan fingerprint density at radius 1 is 1.31 bits per heavy atom. The maximum atomic E-state index is 14.4. The van der Waals surface area contributed by atoms with Crippen LogP contribution >= 0.6 is 0 Å². The van der Waals surface area contributed by atoms with Crippen LogP contribution in [-0.4, -0.2) is 42.7 Å². The van der Waals surface area contributed by atoms with Crippen LogP contribution < -0.4 is 41.7 Å². The standard InChI is InChI=1S/C22H21FIN4O4/c1-30-21-13(23)4-2-5-15(21)27-20-17-19-14(10-26-22(17)29)24-32-9-3-8-31-16-11-25-7-6-12(16)18(20)28-19/h2,4-7,11,14,27-28H,3,8-10H2,1H3,(H,26,29)/q-1/t14-/m0/s1. The molecule has 0 spiro atoms. The molecule has 2 bridgehead atoms. The van der Waals surface area contributed by atoms with E-state index in [9.17, 15) is 9.18 Å². The minimum absolute atomic E-state index is 0.0656. The second kappa shape index (κ2) is 8.94. The van der Waals surface area contributed by atoms with Crippen LogP contribution in [0.1, 0.15) is 26.4 Å². The van der Waals surface area contributed by atoms with Crippen molar-refractivity contribution < 1.29 is 43.3 Å². The number of carbonyl (C=O) groups is 1. The predicted octanol–water partition coefficient (Wildman–Crippen LogP) is 0.556. The zero-order chi connectivity index (χ0) is 22.1. The minimum atomic E-state index is -0.668. The van der Waals surface area contributed by atoms with Gasteiger partial charge in [0.2, 0.25) is 0 Å². The van der Waals surface area contributed by atoms with Crippen molar-refractivity contribution in [3.8, 4) is 22.8 Å². The molecule has 4 heterocycles. The fourth-order valence-corrected chi connectivity index (χ4v) is 5.95. The summed E-state index contributed by atoms with van der Waals surface area (Å²) in [5, 5.41) is 6.23. The van der Waals surface area contributed by atoms with Crippen molar-refractivity contribution in [2.45, 2.75) is 10.3 Å².